The Labute approximate surface area is 139 Å². The molecule has 112 valence electrons. The van der Waals surface area contributed by atoms with Crippen molar-refractivity contribution in [3.05, 3.63) is 63.1 Å². The molecule has 2 nitrogen and oxygen atoms in total. The molecule has 0 aliphatic carbocycles. The molecular formula is C17H19BrClNO. The van der Waals surface area contributed by atoms with Crippen molar-refractivity contribution >= 4 is 27.5 Å². The van der Waals surface area contributed by atoms with Crippen LogP contribution < -0.4 is 10.1 Å². The van der Waals surface area contributed by atoms with E-state index >= 15 is 0 Å². The topological polar surface area (TPSA) is 21.3 Å². The van der Waals surface area contributed by atoms with Crippen LogP contribution in [0.1, 0.15) is 24.1 Å². The average molecular weight is 369 g/mol. The zero-order chi connectivity index (χ0) is 15.2. The Morgan fingerprint density at radius 1 is 1.24 bits per heavy atom. The van der Waals surface area contributed by atoms with Crippen LogP contribution in [-0.4, -0.2) is 13.7 Å². The zero-order valence-electron chi connectivity index (χ0n) is 12.2. The van der Waals surface area contributed by atoms with Crippen LogP contribution in [0.25, 0.3) is 0 Å². The molecule has 0 bridgehead atoms. The van der Waals surface area contributed by atoms with Gasteiger partial charge in [-0.3, -0.25) is 0 Å². The Morgan fingerprint density at radius 3 is 2.62 bits per heavy atom. The summed E-state index contributed by atoms with van der Waals surface area (Å²) in [6.07, 6.45) is 0.836. The van der Waals surface area contributed by atoms with E-state index in [0.717, 1.165) is 27.2 Å². The van der Waals surface area contributed by atoms with Gasteiger partial charge in [-0.25, -0.2) is 0 Å². The number of hydrogen-bond acceptors (Lipinski definition) is 2. The predicted octanol–water partition coefficient (Wildman–Crippen LogP) is 5.00. The molecule has 2 aromatic rings. The van der Waals surface area contributed by atoms with Gasteiger partial charge in [-0.2, -0.15) is 0 Å². The molecule has 2 rings (SSSR count). The van der Waals surface area contributed by atoms with Crippen molar-refractivity contribution in [2.75, 3.05) is 13.7 Å². The van der Waals surface area contributed by atoms with E-state index in [1.54, 1.807) is 0 Å². The fourth-order valence-electron chi connectivity index (χ4n) is 2.30. The fourth-order valence-corrected chi connectivity index (χ4v) is 3.15. The maximum absolute atomic E-state index is 6.26. The Kier molecular flexibility index (Phi) is 6.09. The summed E-state index contributed by atoms with van der Waals surface area (Å²) in [7, 11) is 1.96. The Hall–Kier alpha value is -1.03. The average Bonchev–Trinajstić information content (AvgIpc) is 2.48. The van der Waals surface area contributed by atoms with Gasteiger partial charge >= 0.3 is 0 Å². The Balaban J connectivity index is 2.23. The summed E-state index contributed by atoms with van der Waals surface area (Å²) in [5, 5.41) is 4.16. The molecule has 0 aromatic heterocycles. The minimum Gasteiger partial charge on any atom is -0.494 e. The van der Waals surface area contributed by atoms with E-state index in [4.69, 9.17) is 16.3 Å². The van der Waals surface area contributed by atoms with E-state index in [2.05, 4.69) is 33.4 Å². The van der Waals surface area contributed by atoms with Crippen molar-refractivity contribution < 1.29 is 4.74 Å². The summed E-state index contributed by atoms with van der Waals surface area (Å²) in [5.41, 5.74) is 2.33. The molecule has 0 radical (unpaired) electrons. The summed E-state index contributed by atoms with van der Waals surface area (Å²) < 4.78 is 6.56. The van der Waals surface area contributed by atoms with Crippen LogP contribution in [0.2, 0.25) is 5.02 Å². The van der Waals surface area contributed by atoms with Gasteiger partial charge in [0.05, 0.1) is 6.61 Å². The lowest BCUT2D eigenvalue weighted by atomic mass is 9.99. The van der Waals surface area contributed by atoms with Crippen molar-refractivity contribution in [2.45, 2.75) is 19.4 Å². The molecule has 0 fully saturated rings. The number of halogens is 2. The first-order valence-corrected chi connectivity index (χ1v) is 8.15. The van der Waals surface area contributed by atoms with Gasteiger partial charge < -0.3 is 10.1 Å². The van der Waals surface area contributed by atoms with E-state index in [1.165, 1.54) is 5.56 Å². The molecule has 0 spiro atoms. The van der Waals surface area contributed by atoms with Crippen molar-refractivity contribution in [3.8, 4) is 5.75 Å². The van der Waals surface area contributed by atoms with Gasteiger partial charge in [-0.1, -0.05) is 51.8 Å². The molecule has 1 unspecified atom stereocenters. The number of benzene rings is 2. The molecule has 1 N–H and O–H groups in total. The predicted molar refractivity (Wildman–Crippen MR) is 92.3 cm³/mol. The smallest absolute Gasteiger partial charge is 0.120 e. The van der Waals surface area contributed by atoms with Crippen molar-refractivity contribution in [2.24, 2.45) is 0 Å². The van der Waals surface area contributed by atoms with Crippen LogP contribution in [0.3, 0.4) is 0 Å². The SMILES string of the molecule is CCOc1ccc(C(Cc2ccccc2Cl)NC)c(Br)c1. The summed E-state index contributed by atoms with van der Waals surface area (Å²) >= 11 is 9.90. The molecule has 0 aliphatic heterocycles. The van der Waals surface area contributed by atoms with E-state index < -0.39 is 0 Å². The van der Waals surface area contributed by atoms with E-state index in [-0.39, 0.29) is 6.04 Å². The lowest BCUT2D eigenvalue weighted by Crippen LogP contribution is -2.19. The Bertz CT molecular complexity index is 603. The first-order valence-electron chi connectivity index (χ1n) is 6.98. The number of ether oxygens (including phenoxy) is 1. The van der Waals surface area contributed by atoms with Crippen molar-refractivity contribution in [1.29, 1.82) is 0 Å². The molecule has 0 saturated heterocycles. The highest BCUT2D eigenvalue weighted by Crippen LogP contribution is 2.31. The molecule has 2 aromatic carbocycles. The van der Waals surface area contributed by atoms with Crippen LogP contribution >= 0.6 is 27.5 Å². The molecule has 0 saturated carbocycles. The molecular weight excluding hydrogens is 350 g/mol. The number of hydrogen-bond donors (Lipinski definition) is 1. The second-order valence-electron chi connectivity index (χ2n) is 4.75. The largest absolute Gasteiger partial charge is 0.494 e. The third-order valence-corrected chi connectivity index (χ3v) is 4.44. The summed E-state index contributed by atoms with van der Waals surface area (Å²) in [6, 6.07) is 14.2. The van der Waals surface area contributed by atoms with Gasteiger partial charge in [0.15, 0.2) is 0 Å². The van der Waals surface area contributed by atoms with Crippen molar-refractivity contribution in [3.63, 3.8) is 0 Å². The fraction of sp³-hybridized carbons (Fsp3) is 0.294. The minimum absolute atomic E-state index is 0.190. The highest BCUT2D eigenvalue weighted by atomic mass is 79.9. The first kappa shape index (κ1) is 16.3. The van der Waals surface area contributed by atoms with Gasteiger partial charge in [0, 0.05) is 15.5 Å². The standard InChI is InChI=1S/C17H19BrClNO/c1-3-21-13-8-9-14(15(18)11-13)17(20-2)10-12-6-4-5-7-16(12)19/h4-9,11,17,20H,3,10H2,1-2H3. The third-order valence-electron chi connectivity index (χ3n) is 3.39. The van der Waals surface area contributed by atoms with E-state index in [1.807, 2.05) is 44.3 Å². The normalized spacial score (nSPS) is 12.2. The van der Waals surface area contributed by atoms with E-state index in [9.17, 15) is 0 Å². The molecule has 21 heavy (non-hydrogen) atoms. The molecule has 0 heterocycles. The van der Waals surface area contributed by atoms with E-state index in [0.29, 0.717) is 6.61 Å². The lowest BCUT2D eigenvalue weighted by Gasteiger charge is -2.19. The van der Waals surface area contributed by atoms with Crippen LogP contribution in [0.5, 0.6) is 5.75 Å². The first-order chi connectivity index (χ1) is 10.2. The number of rotatable bonds is 6. The minimum atomic E-state index is 0.190. The Morgan fingerprint density at radius 2 is 2.00 bits per heavy atom. The molecule has 0 aliphatic rings. The van der Waals surface area contributed by atoms with Gasteiger partial charge in [-0.15, -0.1) is 0 Å². The molecule has 4 heteroatoms. The maximum atomic E-state index is 6.26. The summed E-state index contributed by atoms with van der Waals surface area (Å²) in [4.78, 5) is 0. The monoisotopic (exact) mass is 367 g/mol. The van der Waals surface area contributed by atoms with Crippen LogP contribution in [0.15, 0.2) is 46.9 Å². The molecule has 1 atom stereocenters. The summed E-state index contributed by atoms with van der Waals surface area (Å²) in [6.45, 7) is 2.65. The van der Waals surface area contributed by atoms with Crippen LogP contribution in [0.4, 0.5) is 0 Å². The van der Waals surface area contributed by atoms with Gasteiger partial charge in [0.2, 0.25) is 0 Å². The number of nitrogens with one attached hydrogen (secondary N) is 1. The van der Waals surface area contributed by atoms with Gasteiger partial charge in [0.1, 0.15) is 5.75 Å². The van der Waals surface area contributed by atoms with Gasteiger partial charge in [-0.05, 0) is 49.7 Å². The van der Waals surface area contributed by atoms with Crippen molar-refractivity contribution in [1.82, 2.24) is 5.32 Å². The third kappa shape index (κ3) is 4.22. The highest BCUT2D eigenvalue weighted by molar-refractivity contribution is 9.10. The van der Waals surface area contributed by atoms with Gasteiger partial charge in [0.25, 0.3) is 0 Å². The second-order valence-corrected chi connectivity index (χ2v) is 6.01. The number of likely N-dealkylation sites (N-methyl/N-ethyl adjacent to an activating group) is 1. The summed E-state index contributed by atoms with van der Waals surface area (Å²) in [5.74, 6) is 0.876. The quantitative estimate of drug-likeness (QED) is 0.774. The second kappa shape index (κ2) is 7.83. The highest BCUT2D eigenvalue weighted by Gasteiger charge is 2.15. The van der Waals surface area contributed by atoms with Crippen LogP contribution in [0, 0.1) is 0 Å². The lowest BCUT2D eigenvalue weighted by molar-refractivity contribution is 0.340. The zero-order valence-corrected chi connectivity index (χ0v) is 14.5. The molecule has 0 amide bonds. The maximum Gasteiger partial charge on any atom is 0.120 e. The van der Waals surface area contributed by atoms with Crippen LogP contribution in [-0.2, 0) is 6.42 Å².